The van der Waals surface area contributed by atoms with E-state index in [1.807, 2.05) is 26.8 Å². The SMILES string of the molecule is CC(C)(C)C(N)c1cccc(F)c1. The molecule has 0 saturated heterocycles. The van der Waals surface area contributed by atoms with Crippen LogP contribution in [0.2, 0.25) is 0 Å². The molecule has 1 aromatic carbocycles. The molecule has 0 amide bonds. The Bertz CT molecular complexity index is 288. The summed E-state index contributed by atoms with van der Waals surface area (Å²) in [6, 6.07) is 6.35. The van der Waals surface area contributed by atoms with Gasteiger partial charge in [-0.3, -0.25) is 0 Å². The number of benzene rings is 1. The van der Waals surface area contributed by atoms with Crippen molar-refractivity contribution < 1.29 is 4.39 Å². The lowest BCUT2D eigenvalue weighted by Crippen LogP contribution is -2.26. The molecule has 72 valence electrons. The molecule has 0 aliphatic rings. The zero-order valence-corrected chi connectivity index (χ0v) is 8.34. The highest BCUT2D eigenvalue weighted by molar-refractivity contribution is 5.21. The van der Waals surface area contributed by atoms with Gasteiger partial charge in [-0.25, -0.2) is 4.39 Å². The molecule has 0 fully saturated rings. The summed E-state index contributed by atoms with van der Waals surface area (Å²) < 4.78 is 12.9. The first kappa shape index (κ1) is 10.2. The van der Waals surface area contributed by atoms with Gasteiger partial charge in [-0.05, 0) is 23.1 Å². The van der Waals surface area contributed by atoms with Crippen molar-refractivity contribution in [2.24, 2.45) is 11.1 Å². The Kier molecular flexibility index (Phi) is 2.71. The van der Waals surface area contributed by atoms with E-state index in [4.69, 9.17) is 5.73 Å². The molecule has 1 nitrogen and oxygen atoms in total. The van der Waals surface area contributed by atoms with Crippen LogP contribution in [0.3, 0.4) is 0 Å². The average molecular weight is 181 g/mol. The molecule has 2 N–H and O–H groups in total. The molecule has 13 heavy (non-hydrogen) atoms. The van der Waals surface area contributed by atoms with Crippen molar-refractivity contribution in [1.29, 1.82) is 0 Å². The number of hydrogen-bond acceptors (Lipinski definition) is 1. The van der Waals surface area contributed by atoms with Gasteiger partial charge in [0.2, 0.25) is 0 Å². The molecule has 0 saturated carbocycles. The van der Waals surface area contributed by atoms with Gasteiger partial charge in [0.15, 0.2) is 0 Å². The second kappa shape index (κ2) is 3.46. The number of halogens is 1. The first-order valence-corrected chi connectivity index (χ1v) is 4.42. The molecule has 2 heteroatoms. The molecule has 1 rings (SSSR count). The van der Waals surface area contributed by atoms with E-state index in [0.29, 0.717) is 0 Å². The van der Waals surface area contributed by atoms with Gasteiger partial charge in [-0.1, -0.05) is 32.9 Å². The number of rotatable bonds is 1. The number of hydrogen-bond donors (Lipinski definition) is 1. The summed E-state index contributed by atoms with van der Waals surface area (Å²) in [5, 5.41) is 0. The zero-order valence-electron chi connectivity index (χ0n) is 8.34. The Balaban J connectivity index is 2.96. The van der Waals surface area contributed by atoms with Crippen molar-refractivity contribution in [2.45, 2.75) is 26.8 Å². The Labute approximate surface area is 78.8 Å². The lowest BCUT2D eigenvalue weighted by atomic mass is 9.83. The fourth-order valence-corrected chi connectivity index (χ4v) is 1.20. The van der Waals surface area contributed by atoms with Crippen molar-refractivity contribution in [3.8, 4) is 0 Å². The van der Waals surface area contributed by atoms with Crippen LogP contribution in [0.15, 0.2) is 24.3 Å². The summed E-state index contributed by atoms with van der Waals surface area (Å²) in [7, 11) is 0. The van der Waals surface area contributed by atoms with E-state index in [9.17, 15) is 4.39 Å². The second-order valence-electron chi connectivity index (χ2n) is 4.40. The van der Waals surface area contributed by atoms with Crippen LogP contribution in [0.1, 0.15) is 32.4 Å². The van der Waals surface area contributed by atoms with Crippen LogP contribution >= 0.6 is 0 Å². The van der Waals surface area contributed by atoms with Crippen LogP contribution in [-0.2, 0) is 0 Å². The lowest BCUT2D eigenvalue weighted by molar-refractivity contribution is 0.326. The molecule has 0 heterocycles. The fourth-order valence-electron chi connectivity index (χ4n) is 1.20. The molecule has 0 spiro atoms. The molecule has 0 radical (unpaired) electrons. The van der Waals surface area contributed by atoms with Crippen LogP contribution in [0, 0.1) is 11.2 Å². The Morgan fingerprint density at radius 3 is 2.38 bits per heavy atom. The van der Waals surface area contributed by atoms with Gasteiger partial charge in [0.05, 0.1) is 0 Å². The first-order valence-electron chi connectivity index (χ1n) is 4.42. The third-order valence-corrected chi connectivity index (χ3v) is 2.14. The predicted molar refractivity (Wildman–Crippen MR) is 52.8 cm³/mol. The van der Waals surface area contributed by atoms with Gasteiger partial charge in [0, 0.05) is 6.04 Å². The van der Waals surface area contributed by atoms with E-state index < -0.39 is 0 Å². The van der Waals surface area contributed by atoms with Crippen LogP contribution in [0.25, 0.3) is 0 Å². The van der Waals surface area contributed by atoms with Crippen molar-refractivity contribution in [3.05, 3.63) is 35.6 Å². The molecule has 1 atom stereocenters. The van der Waals surface area contributed by atoms with E-state index in [1.165, 1.54) is 12.1 Å². The molecule has 0 aromatic heterocycles. The quantitative estimate of drug-likeness (QED) is 0.708. The maximum absolute atomic E-state index is 12.9. The fraction of sp³-hybridized carbons (Fsp3) is 0.455. The molecule has 1 unspecified atom stereocenters. The van der Waals surface area contributed by atoms with Crippen molar-refractivity contribution in [2.75, 3.05) is 0 Å². The highest BCUT2D eigenvalue weighted by Gasteiger charge is 2.22. The minimum Gasteiger partial charge on any atom is -0.324 e. The molecule has 0 aliphatic heterocycles. The molecule has 0 aliphatic carbocycles. The van der Waals surface area contributed by atoms with E-state index in [0.717, 1.165) is 5.56 Å². The van der Waals surface area contributed by atoms with Gasteiger partial charge >= 0.3 is 0 Å². The monoisotopic (exact) mass is 181 g/mol. The van der Waals surface area contributed by atoms with Crippen LogP contribution in [0.5, 0.6) is 0 Å². The van der Waals surface area contributed by atoms with Gasteiger partial charge in [-0.15, -0.1) is 0 Å². The van der Waals surface area contributed by atoms with Crippen molar-refractivity contribution in [1.82, 2.24) is 0 Å². The third kappa shape index (κ3) is 2.52. The third-order valence-electron chi connectivity index (χ3n) is 2.14. The lowest BCUT2D eigenvalue weighted by Gasteiger charge is -2.27. The average Bonchev–Trinajstić information content (AvgIpc) is 2.01. The Morgan fingerprint density at radius 2 is 1.92 bits per heavy atom. The maximum Gasteiger partial charge on any atom is 0.123 e. The molecular weight excluding hydrogens is 165 g/mol. The second-order valence-corrected chi connectivity index (χ2v) is 4.40. The van der Waals surface area contributed by atoms with Gasteiger partial charge < -0.3 is 5.73 Å². The van der Waals surface area contributed by atoms with E-state index in [-0.39, 0.29) is 17.3 Å². The van der Waals surface area contributed by atoms with Gasteiger partial charge in [-0.2, -0.15) is 0 Å². The summed E-state index contributed by atoms with van der Waals surface area (Å²) in [6.45, 7) is 6.13. The minimum atomic E-state index is -0.225. The van der Waals surface area contributed by atoms with Crippen molar-refractivity contribution in [3.63, 3.8) is 0 Å². The summed E-state index contributed by atoms with van der Waals surface area (Å²) in [4.78, 5) is 0. The van der Waals surface area contributed by atoms with E-state index in [1.54, 1.807) is 6.07 Å². The van der Waals surface area contributed by atoms with Crippen LogP contribution in [0.4, 0.5) is 4.39 Å². The van der Waals surface area contributed by atoms with Gasteiger partial charge in [0.25, 0.3) is 0 Å². The Morgan fingerprint density at radius 1 is 1.31 bits per heavy atom. The maximum atomic E-state index is 12.9. The normalized spacial score (nSPS) is 14.2. The smallest absolute Gasteiger partial charge is 0.123 e. The van der Waals surface area contributed by atoms with Crippen LogP contribution in [-0.4, -0.2) is 0 Å². The first-order chi connectivity index (χ1) is 5.91. The largest absolute Gasteiger partial charge is 0.324 e. The standard InChI is InChI=1S/C11H16FN/c1-11(2,3)10(13)8-5-4-6-9(12)7-8/h4-7,10H,13H2,1-3H3. The predicted octanol–water partition coefficient (Wildman–Crippen LogP) is 2.87. The zero-order chi connectivity index (χ0) is 10.1. The van der Waals surface area contributed by atoms with Crippen molar-refractivity contribution >= 4 is 0 Å². The van der Waals surface area contributed by atoms with E-state index >= 15 is 0 Å². The highest BCUT2D eigenvalue weighted by atomic mass is 19.1. The topological polar surface area (TPSA) is 26.0 Å². The highest BCUT2D eigenvalue weighted by Crippen LogP contribution is 2.30. The summed E-state index contributed by atoms with van der Waals surface area (Å²) >= 11 is 0. The van der Waals surface area contributed by atoms with E-state index in [2.05, 4.69) is 0 Å². The molecule has 0 bridgehead atoms. The summed E-state index contributed by atoms with van der Waals surface area (Å²) in [6.07, 6.45) is 0. The van der Waals surface area contributed by atoms with Gasteiger partial charge in [0.1, 0.15) is 5.82 Å². The summed E-state index contributed by atoms with van der Waals surface area (Å²) in [5.41, 5.74) is 6.79. The molecular formula is C11H16FN. The minimum absolute atomic E-state index is 0.0339. The summed E-state index contributed by atoms with van der Waals surface area (Å²) in [5.74, 6) is -0.225. The van der Waals surface area contributed by atoms with Crippen LogP contribution < -0.4 is 5.73 Å². The molecule has 1 aromatic rings. The number of nitrogens with two attached hydrogens (primary N) is 1. The Hall–Kier alpha value is -0.890.